The van der Waals surface area contributed by atoms with Gasteiger partial charge in [0.25, 0.3) is 0 Å². The second-order valence-corrected chi connectivity index (χ2v) is 7.59. The molecule has 0 bridgehead atoms. The summed E-state index contributed by atoms with van der Waals surface area (Å²) in [7, 11) is 0. The lowest BCUT2D eigenvalue weighted by molar-refractivity contribution is -0.175. The molecule has 2 heterocycles. The van der Waals surface area contributed by atoms with Crippen molar-refractivity contribution in [3.63, 3.8) is 0 Å². The first kappa shape index (κ1) is 23.1. The topological polar surface area (TPSA) is 86.8 Å². The van der Waals surface area contributed by atoms with Crippen molar-refractivity contribution in [2.75, 3.05) is 19.8 Å². The van der Waals surface area contributed by atoms with Crippen LogP contribution in [-0.4, -0.2) is 48.4 Å². The number of ether oxygens (including phenoxy) is 3. The molecule has 1 unspecified atom stereocenters. The third-order valence-electron chi connectivity index (χ3n) is 4.04. The van der Waals surface area contributed by atoms with Crippen LogP contribution in [0, 0.1) is 5.92 Å². The highest BCUT2D eigenvalue weighted by Gasteiger charge is 2.41. The van der Waals surface area contributed by atoms with Crippen LogP contribution in [-0.2, 0) is 14.2 Å². The van der Waals surface area contributed by atoms with Crippen LogP contribution in [0.15, 0.2) is 18.3 Å². The number of hydrogen-bond donors (Lipinski definition) is 1. The summed E-state index contributed by atoms with van der Waals surface area (Å²) in [6, 6.07) is 2.88. The Morgan fingerprint density at radius 1 is 1.28 bits per heavy atom. The van der Waals surface area contributed by atoms with E-state index in [1.165, 1.54) is 18.3 Å². The van der Waals surface area contributed by atoms with Gasteiger partial charge in [-0.25, -0.2) is 4.79 Å². The largest absolute Gasteiger partial charge is 0.444 e. The Morgan fingerprint density at radius 3 is 2.52 bits per heavy atom. The van der Waals surface area contributed by atoms with E-state index >= 15 is 0 Å². The monoisotopic (exact) mass is 418 g/mol. The lowest BCUT2D eigenvalue weighted by Crippen LogP contribution is -2.35. The molecule has 0 spiro atoms. The lowest BCUT2D eigenvalue weighted by Gasteiger charge is -2.22. The van der Waals surface area contributed by atoms with Crippen molar-refractivity contribution in [1.82, 2.24) is 10.3 Å². The van der Waals surface area contributed by atoms with Crippen LogP contribution >= 0.6 is 0 Å². The quantitative estimate of drug-likeness (QED) is 0.678. The van der Waals surface area contributed by atoms with Gasteiger partial charge >= 0.3 is 12.3 Å². The van der Waals surface area contributed by atoms with Gasteiger partial charge in [-0.05, 0) is 39.3 Å². The average Bonchev–Trinajstić information content (AvgIpc) is 3.12. The minimum Gasteiger partial charge on any atom is -0.444 e. The minimum atomic E-state index is -4.60. The Kier molecular flexibility index (Phi) is 7.59. The van der Waals surface area contributed by atoms with Gasteiger partial charge in [-0.3, -0.25) is 9.78 Å². The van der Waals surface area contributed by atoms with Crippen LogP contribution in [0.2, 0.25) is 0 Å². The van der Waals surface area contributed by atoms with Gasteiger partial charge in [0.05, 0.1) is 19.1 Å². The maximum Gasteiger partial charge on any atom is 0.407 e. The number of alkyl carbamates (subject to hydrolysis) is 1. The van der Waals surface area contributed by atoms with E-state index in [4.69, 9.17) is 14.2 Å². The number of nitrogens with one attached hydrogen (secondary N) is 1. The van der Waals surface area contributed by atoms with E-state index in [2.05, 4.69) is 10.3 Å². The molecule has 0 saturated carbocycles. The van der Waals surface area contributed by atoms with E-state index in [1.54, 1.807) is 20.8 Å². The molecular weight excluding hydrogens is 393 g/mol. The summed E-state index contributed by atoms with van der Waals surface area (Å²) in [5.41, 5.74) is -0.554. The maximum atomic E-state index is 13.4. The van der Waals surface area contributed by atoms with E-state index < -0.39 is 48.7 Å². The van der Waals surface area contributed by atoms with Crippen molar-refractivity contribution in [3.8, 4) is 0 Å². The molecule has 162 valence electrons. The van der Waals surface area contributed by atoms with Crippen LogP contribution in [0.5, 0.6) is 0 Å². The van der Waals surface area contributed by atoms with Crippen molar-refractivity contribution >= 4 is 11.9 Å². The lowest BCUT2D eigenvalue weighted by atomic mass is 9.94. The molecule has 1 aromatic rings. The number of nitrogens with zero attached hydrogens (tertiary/aromatic N) is 1. The number of aromatic nitrogens is 1. The Morgan fingerprint density at radius 2 is 1.93 bits per heavy atom. The summed E-state index contributed by atoms with van der Waals surface area (Å²) in [5, 5.41) is 2.29. The predicted molar refractivity (Wildman–Crippen MR) is 96.2 cm³/mol. The fraction of sp³-hybridized carbons (Fsp3) is 0.632. The van der Waals surface area contributed by atoms with Crippen molar-refractivity contribution in [2.45, 2.75) is 51.7 Å². The Hall–Kier alpha value is -2.20. The fourth-order valence-electron chi connectivity index (χ4n) is 2.74. The molecular formula is C19H25F3N2O5. The summed E-state index contributed by atoms with van der Waals surface area (Å²) >= 11 is 0. The zero-order valence-electron chi connectivity index (χ0n) is 16.5. The van der Waals surface area contributed by atoms with Gasteiger partial charge in [0.15, 0.2) is 5.78 Å². The number of hydrogen-bond acceptors (Lipinski definition) is 6. The van der Waals surface area contributed by atoms with E-state index in [-0.39, 0.29) is 17.8 Å². The molecule has 1 amide bonds. The molecule has 2 rings (SSSR count). The molecule has 0 aromatic carbocycles. The zero-order valence-corrected chi connectivity index (χ0v) is 16.5. The molecule has 1 aliphatic heterocycles. The van der Waals surface area contributed by atoms with Gasteiger partial charge < -0.3 is 19.5 Å². The summed E-state index contributed by atoms with van der Waals surface area (Å²) in [4.78, 5) is 28.3. The molecule has 1 aromatic heterocycles. The first-order valence-electron chi connectivity index (χ1n) is 9.22. The van der Waals surface area contributed by atoms with Gasteiger partial charge in [-0.2, -0.15) is 13.2 Å². The number of rotatable bonds is 7. The molecule has 1 saturated heterocycles. The Bertz CT molecular complexity index is 713. The summed E-state index contributed by atoms with van der Waals surface area (Å²) < 4.78 is 55.9. The third kappa shape index (κ3) is 7.28. The van der Waals surface area contributed by atoms with Crippen LogP contribution in [0.3, 0.4) is 0 Å². The second-order valence-electron chi connectivity index (χ2n) is 7.59. The number of halogens is 3. The number of amides is 1. The highest BCUT2D eigenvalue weighted by molar-refractivity contribution is 5.97. The number of ketones is 1. The summed E-state index contributed by atoms with van der Waals surface area (Å²) in [6.45, 7) is 5.29. The highest BCUT2D eigenvalue weighted by atomic mass is 19.4. The normalized spacial score (nSPS) is 16.5. The Labute approximate surface area is 166 Å². The fourth-order valence-corrected chi connectivity index (χ4v) is 2.74. The van der Waals surface area contributed by atoms with Crippen LogP contribution in [0.25, 0.3) is 0 Å². The first-order chi connectivity index (χ1) is 13.5. The summed E-state index contributed by atoms with van der Waals surface area (Å²) in [5.74, 6) is -2.64. The molecule has 1 aliphatic rings. The van der Waals surface area contributed by atoms with Gasteiger partial charge in [0.1, 0.15) is 11.3 Å². The minimum absolute atomic E-state index is 0.0359. The van der Waals surface area contributed by atoms with Crippen LogP contribution < -0.4 is 5.32 Å². The molecule has 1 N–H and O–H groups in total. The van der Waals surface area contributed by atoms with Gasteiger partial charge in [-0.15, -0.1) is 0 Å². The molecule has 0 radical (unpaired) electrons. The number of carbonyl (C=O) groups excluding carboxylic acids is 2. The molecule has 29 heavy (non-hydrogen) atoms. The van der Waals surface area contributed by atoms with Crippen molar-refractivity contribution in [2.24, 2.45) is 5.92 Å². The number of pyridine rings is 1. The SMILES string of the molecule is CC(C)(C)OC(=O)NCCC(CC(=O)c1cccnc1C1OCCO1)C(F)(F)F. The smallest absolute Gasteiger partial charge is 0.407 e. The van der Waals surface area contributed by atoms with E-state index in [1.807, 2.05) is 0 Å². The van der Waals surface area contributed by atoms with Crippen molar-refractivity contribution in [3.05, 3.63) is 29.6 Å². The first-order valence-corrected chi connectivity index (χ1v) is 9.22. The third-order valence-corrected chi connectivity index (χ3v) is 4.04. The van der Waals surface area contributed by atoms with E-state index in [0.29, 0.717) is 13.2 Å². The molecule has 1 fully saturated rings. The highest BCUT2D eigenvalue weighted by Crippen LogP contribution is 2.33. The Balaban J connectivity index is 2.02. The van der Waals surface area contributed by atoms with Gasteiger partial charge in [0, 0.05) is 24.7 Å². The number of Topliss-reactive ketones (excluding diaryl/α,β-unsaturated/α-hetero) is 1. The van der Waals surface area contributed by atoms with Crippen molar-refractivity contribution in [1.29, 1.82) is 0 Å². The molecule has 7 nitrogen and oxygen atoms in total. The molecule has 1 atom stereocenters. The number of alkyl halides is 3. The maximum absolute atomic E-state index is 13.4. The second kappa shape index (κ2) is 9.53. The van der Waals surface area contributed by atoms with Crippen LogP contribution in [0.1, 0.15) is 56.0 Å². The van der Waals surface area contributed by atoms with Gasteiger partial charge in [0.2, 0.25) is 6.29 Å². The molecule has 0 aliphatic carbocycles. The number of carbonyl (C=O) groups is 2. The van der Waals surface area contributed by atoms with Crippen molar-refractivity contribution < 1.29 is 37.0 Å². The predicted octanol–water partition coefficient (Wildman–Crippen LogP) is 3.79. The van der Waals surface area contributed by atoms with Gasteiger partial charge in [-0.1, -0.05) is 0 Å². The standard InChI is InChI=1S/C19H25F3N2O5/c1-18(2,3)29-17(26)24-8-6-12(19(20,21)22)11-14(25)13-5-4-7-23-15(13)16-27-9-10-28-16/h4-5,7,12,16H,6,8-11H2,1-3H3,(H,24,26). The molecule has 10 heteroatoms. The summed E-state index contributed by atoms with van der Waals surface area (Å²) in [6.07, 6.45) is -6.09. The average molecular weight is 418 g/mol. The zero-order chi connectivity index (χ0) is 21.7. The van der Waals surface area contributed by atoms with Crippen LogP contribution in [0.4, 0.5) is 18.0 Å². The van der Waals surface area contributed by atoms with E-state index in [9.17, 15) is 22.8 Å². The van der Waals surface area contributed by atoms with E-state index in [0.717, 1.165) is 0 Å².